The van der Waals surface area contributed by atoms with E-state index in [1.807, 2.05) is 0 Å². The number of amides is 1. The second-order valence-corrected chi connectivity index (χ2v) is 7.17. The van der Waals surface area contributed by atoms with Crippen LogP contribution in [0.1, 0.15) is 5.56 Å². The lowest BCUT2D eigenvalue weighted by molar-refractivity contribution is -0.143. The fraction of sp³-hybridized carbons (Fsp3) is 0.286. The summed E-state index contributed by atoms with van der Waals surface area (Å²) in [7, 11) is 2.78. The van der Waals surface area contributed by atoms with Crippen LogP contribution in [0.5, 0.6) is 11.5 Å². The molecule has 0 spiro atoms. The topological polar surface area (TPSA) is 77.4 Å². The van der Waals surface area contributed by atoms with E-state index in [-0.39, 0.29) is 12.5 Å². The number of carbonyl (C=O) groups excluding carboxylic acids is 2. The van der Waals surface area contributed by atoms with E-state index in [0.717, 1.165) is 3.57 Å². The van der Waals surface area contributed by atoms with Crippen molar-refractivity contribution in [2.45, 2.75) is 0 Å². The molecule has 0 aliphatic carbocycles. The molecule has 7 nitrogen and oxygen atoms in total. The van der Waals surface area contributed by atoms with E-state index >= 15 is 0 Å². The van der Waals surface area contributed by atoms with Crippen molar-refractivity contribution >= 4 is 69.0 Å². The van der Waals surface area contributed by atoms with Crippen LogP contribution < -0.4 is 9.47 Å². The molecule has 2 rings (SSSR count). The highest BCUT2D eigenvalue weighted by Gasteiger charge is 2.26. The SMILES string of the molecule is COC(=O)COc1c(I)cc(/C=N\N2C(=O)CSC2=S)cc1OC. The summed E-state index contributed by atoms with van der Waals surface area (Å²) in [4.78, 5) is 22.9. The van der Waals surface area contributed by atoms with Crippen molar-refractivity contribution in [3.8, 4) is 11.5 Å². The van der Waals surface area contributed by atoms with Crippen LogP contribution in [0.2, 0.25) is 0 Å². The molecule has 1 amide bonds. The molecular formula is C14H13IN2O5S2. The van der Waals surface area contributed by atoms with E-state index in [9.17, 15) is 9.59 Å². The third-order valence-corrected chi connectivity index (χ3v) is 5.00. The average molecular weight is 480 g/mol. The lowest BCUT2D eigenvalue weighted by Crippen LogP contribution is -2.22. The Bertz CT molecular complexity index is 695. The van der Waals surface area contributed by atoms with E-state index in [0.29, 0.717) is 27.1 Å². The molecule has 0 saturated carbocycles. The number of hydrogen-bond acceptors (Lipinski definition) is 8. The van der Waals surface area contributed by atoms with Crippen LogP contribution in [-0.2, 0) is 14.3 Å². The van der Waals surface area contributed by atoms with Crippen LogP contribution in [0.4, 0.5) is 0 Å². The van der Waals surface area contributed by atoms with Crippen molar-refractivity contribution < 1.29 is 23.8 Å². The van der Waals surface area contributed by atoms with E-state index in [1.165, 1.54) is 37.2 Å². The molecule has 128 valence electrons. The van der Waals surface area contributed by atoms with Crippen molar-refractivity contribution in [1.29, 1.82) is 0 Å². The van der Waals surface area contributed by atoms with Gasteiger partial charge in [0.05, 0.1) is 29.8 Å². The Morgan fingerprint density at radius 1 is 1.50 bits per heavy atom. The van der Waals surface area contributed by atoms with E-state index in [1.54, 1.807) is 12.1 Å². The largest absolute Gasteiger partial charge is 0.493 e. The summed E-state index contributed by atoms with van der Waals surface area (Å²) in [6.45, 7) is -0.218. The first-order chi connectivity index (χ1) is 11.5. The quantitative estimate of drug-likeness (QED) is 0.267. The van der Waals surface area contributed by atoms with Gasteiger partial charge < -0.3 is 14.2 Å². The van der Waals surface area contributed by atoms with Crippen molar-refractivity contribution in [1.82, 2.24) is 5.01 Å². The zero-order chi connectivity index (χ0) is 17.7. The molecule has 0 aromatic heterocycles. The van der Waals surface area contributed by atoms with E-state index < -0.39 is 5.97 Å². The van der Waals surface area contributed by atoms with Gasteiger partial charge >= 0.3 is 5.97 Å². The Labute approximate surface area is 161 Å². The number of hydrogen-bond donors (Lipinski definition) is 0. The molecule has 0 N–H and O–H groups in total. The van der Waals surface area contributed by atoms with Gasteiger partial charge in [0.1, 0.15) is 0 Å². The van der Waals surface area contributed by atoms with Crippen LogP contribution in [0.3, 0.4) is 0 Å². The fourth-order valence-corrected chi connectivity index (χ4v) is 3.48. The second kappa shape index (κ2) is 8.62. The molecule has 0 unspecified atom stereocenters. The van der Waals surface area contributed by atoms with Crippen LogP contribution in [0.25, 0.3) is 0 Å². The Morgan fingerprint density at radius 3 is 2.83 bits per heavy atom. The standard InChI is InChI=1S/C14H13IN2O5S2/c1-20-10-4-8(5-16-17-11(18)7-24-14(17)23)3-9(15)13(10)22-6-12(19)21-2/h3-5H,6-7H2,1-2H3/b16-5-. The molecule has 10 heteroatoms. The maximum atomic E-state index is 11.6. The second-order valence-electron chi connectivity index (χ2n) is 4.40. The van der Waals surface area contributed by atoms with Gasteiger partial charge in [-0.3, -0.25) is 4.79 Å². The lowest BCUT2D eigenvalue weighted by atomic mass is 10.2. The number of methoxy groups -OCH3 is 2. The van der Waals surface area contributed by atoms with Gasteiger partial charge in [-0.05, 0) is 40.3 Å². The normalized spacial score (nSPS) is 14.4. The van der Waals surface area contributed by atoms with Crippen molar-refractivity contribution in [3.05, 3.63) is 21.3 Å². The van der Waals surface area contributed by atoms with Crippen LogP contribution in [-0.4, -0.2) is 54.0 Å². The molecule has 1 aliphatic rings. The predicted molar refractivity (Wildman–Crippen MR) is 103 cm³/mol. The molecule has 1 fully saturated rings. The summed E-state index contributed by atoms with van der Waals surface area (Å²) >= 11 is 8.40. The predicted octanol–water partition coefficient (Wildman–Crippen LogP) is 2.05. The summed E-state index contributed by atoms with van der Waals surface area (Å²) in [5.41, 5.74) is 0.703. The zero-order valence-corrected chi connectivity index (χ0v) is 16.6. The number of hydrazone groups is 1. The third kappa shape index (κ3) is 4.57. The highest BCUT2D eigenvalue weighted by Crippen LogP contribution is 2.33. The van der Waals surface area contributed by atoms with Crippen molar-refractivity contribution in [2.24, 2.45) is 5.10 Å². The molecule has 1 aliphatic heterocycles. The lowest BCUT2D eigenvalue weighted by Gasteiger charge is -2.13. The monoisotopic (exact) mass is 480 g/mol. The van der Waals surface area contributed by atoms with E-state index in [4.69, 9.17) is 21.7 Å². The average Bonchev–Trinajstić information content (AvgIpc) is 2.89. The van der Waals surface area contributed by atoms with Gasteiger partial charge in [-0.15, -0.1) is 0 Å². The minimum atomic E-state index is -0.489. The van der Waals surface area contributed by atoms with Gasteiger partial charge in [0, 0.05) is 0 Å². The number of ether oxygens (including phenoxy) is 3. The molecule has 1 aromatic rings. The first-order valence-corrected chi connectivity index (χ1v) is 9.04. The highest BCUT2D eigenvalue weighted by atomic mass is 127. The number of halogens is 1. The maximum Gasteiger partial charge on any atom is 0.343 e. The van der Waals surface area contributed by atoms with Gasteiger partial charge in [-0.25, -0.2) is 4.79 Å². The van der Waals surface area contributed by atoms with Crippen LogP contribution in [0.15, 0.2) is 17.2 Å². The Kier molecular flexibility index (Phi) is 6.80. The molecule has 0 bridgehead atoms. The van der Waals surface area contributed by atoms with Crippen LogP contribution in [0, 0.1) is 3.57 Å². The molecule has 0 atom stereocenters. The van der Waals surface area contributed by atoms with Gasteiger partial charge in [-0.1, -0.05) is 24.0 Å². The molecule has 24 heavy (non-hydrogen) atoms. The fourth-order valence-electron chi connectivity index (χ4n) is 1.73. The number of thioether (sulfide) groups is 1. The molecular weight excluding hydrogens is 467 g/mol. The number of nitrogens with zero attached hydrogens (tertiary/aromatic N) is 2. The summed E-state index contributed by atoms with van der Waals surface area (Å²) < 4.78 is 16.4. The molecule has 1 saturated heterocycles. The number of carbonyl (C=O) groups is 2. The number of rotatable bonds is 6. The number of thiocarbonyl (C=S) groups is 1. The Hall–Kier alpha value is -1.40. The molecule has 0 radical (unpaired) electrons. The minimum Gasteiger partial charge on any atom is -0.493 e. The number of benzene rings is 1. The minimum absolute atomic E-state index is 0.152. The Balaban J connectivity index is 2.20. The summed E-state index contributed by atoms with van der Waals surface area (Å²) in [5, 5.41) is 5.31. The molecule has 1 heterocycles. The first kappa shape index (κ1) is 18.9. The molecule has 1 aromatic carbocycles. The van der Waals surface area contributed by atoms with Crippen LogP contribution >= 0.6 is 46.6 Å². The van der Waals surface area contributed by atoms with Gasteiger partial charge in [-0.2, -0.15) is 10.1 Å². The van der Waals surface area contributed by atoms with E-state index in [2.05, 4.69) is 32.4 Å². The summed E-state index contributed by atoms with van der Waals surface area (Å²) in [6, 6.07) is 3.48. The third-order valence-electron chi connectivity index (χ3n) is 2.86. The van der Waals surface area contributed by atoms with Gasteiger partial charge in [0.15, 0.2) is 22.4 Å². The zero-order valence-electron chi connectivity index (χ0n) is 12.8. The summed E-state index contributed by atoms with van der Waals surface area (Å²) in [5.74, 6) is 0.538. The summed E-state index contributed by atoms with van der Waals surface area (Å²) in [6.07, 6.45) is 1.52. The first-order valence-electron chi connectivity index (χ1n) is 6.57. The highest BCUT2D eigenvalue weighted by molar-refractivity contribution is 14.1. The maximum absolute atomic E-state index is 11.6. The van der Waals surface area contributed by atoms with Crippen molar-refractivity contribution in [3.63, 3.8) is 0 Å². The van der Waals surface area contributed by atoms with Gasteiger partial charge in [0.2, 0.25) is 0 Å². The Morgan fingerprint density at radius 2 is 2.25 bits per heavy atom. The van der Waals surface area contributed by atoms with Crippen molar-refractivity contribution in [2.75, 3.05) is 26.6 Å². The van der Waals surface area contributed by atoms with Gasteiger partial charge in [0.25, 0.3) is 5.91 Å². The number of esters is 1. The smallest absolute Gasteiger partial charge is 0.343 e.